The molecule has 0 aromatic carbocycles. The van der Waals surface area contributed by atoms with Gasteiger partial charge in [-0.1, -0.05) is 77.7 Å². The number of carbonyl (C=O) groups excluding carboxylic acids is 3. The summed E-state index contributed by atoms with van der Waals surface area (Å²) in [4.78, 5) is 38.5. The van der Waals surface area contributed by atoms with E-state index in [0.717, 1.165) is 49.7 Å². The Morgan fingerprint density at radius 3 is 2.20 bits per heavy atom. The zero-order valence-corrected chi connectivity index (χ0v) is 27.0. The van der Waals surface area contributed by atoms with Crippen LogP contribution in [-0.4, -0.2) is 55.0 Å². The molecule has 1 aliphatic heterocycles. The summed E-state index contributed by atoms with van der Waals surface area (Å²) in [5.41, 5.74) is 1.42. The second-order valence-electron chi connectivity index (χ2n) is 13.2. The van der Waals surface area contributed by atoms with E-state index in [1.54, 1.807) is 13.8 Å². The van der Waals surface area contributed by atoms with Gasteiger partial charge in [0.05, 0.1) is 19.1 Å². The Balaban J connectivity index is 1.76. The lowest BCUT2D eigenvalue weighted by molar-refractivity contribution is -0.304. The van der Waals surface area contributed by atoms with Gasteiger partial charge in [0.25, 0.3) is 0 Å². The smallest absolute Gasteiger partial charge is 0.307 e. The first-order chi connectivity index (χ1) is 19.4. The number of unbranched alkanes of at least 4 members (excludes halogenated alkanes) is 7. The van der Waals surface area contributed by atoms with Gasteiger partial charge in [-0.15, -0.1) is 0 Å². The van der Waals surface area contributed by atoms with E-state index in [4.69, 9.17) is 14.2 Å². The quantitative estimate of drug-likeness (QED) is 0.123. The van der Waals surface area contributed by atoms with Crippen LogP contribution in [0.2, 0.25) is 0 Å². The standard InChI is InChI=1S/C33H58N2O6/c1-8-9-10-11-12-13-14-15-18-24(2)25(3)30(37)35-26-19-16-17-20-27(26)40-28(36)21-22-34-31(38)29-32(4,5)23-39-33(6,7)41-29/h26-27,29H,8-23H2,1-7H3,(H,34,38)(H,35,37)/t26-,27-,29?/m0/s1. The number of rotatable bonds is 16. The highest BCUT2D eigenvalue weighted by Crippen LogP contribution is 2.34. The van der Waals surface area contributed by atoms with Crippen LogP contribution in [-0.2, 0) is 28.6 Å². The molecule has 3 atom stereocenters. The van der Waals surface area contributed by atoms with Gasteiger partial charge in [0, 0.05) is 17.5 Å². The topological polar surface area (TPSA) is 103 Å². The van der Waals surface area contributed by atoms with Crippen LogP contribution >= 0.6 is 0 Å². The number of hydrogen-bond donors (Lipinski definition) is 2. The molecule has 1 saturated heterocycles. The fourth-order valence-electron chi connectivity index (χ4n) is 5.51. The second-order valence-corrected chi connectivity index (χ2v) is 13.2. The molecule has 8 heteroatoms. The molecule has 0 aromatic rings. The third-order valence-corrected chi connectivity index (χ3v) is 8.46. The summed E-state index contributed by atoms with van der Waals surface area (Å²) < 4.78 is 17.4. The van der Waals surface area contributed by atoms with Crippen LogP contribution in [0.25, 0.3) is 0 Å². The molecule has 2 amide bonds. The summed E-state index contributed by atoms with van der Waals surface area (Å²) >= 11 is 0. The SMILES string of the molecule is CCCCCCCCCCC(C)=C(C)C(=O)N[C@H]1CCCC[C@@H]1OC(=O)CCNC(=O)C1OC(C)(C)OCC1(C)C. The molecule has 1 unspecified atom stereocenters. The predicted molar refractivity (Wildman–Crippen MR) is 162 cm³/mol. The summed E-state index contributed by atoms with van der Waals surface area (Å²) in [6, 6.07) is -0.195. The first kappa shape index (κ1) is 35.3. The minimum absolute atomic E-state index is 0.0621. The van der Waals surface area contributed by atoms with Gasteiger partial charge in [0.1, 0.15) is 12.2 Å². The van der Waals surface area contributed by atoms with Crippen LogP contribution in [0.1, 0.15) is 138 Å². The van der Waals surface area contributed by atoms with Crippen molar-refractivity contribution in [2.45, 2.75) is 162 Å². The van der Waals surface area contributed by atoms with Gasteiger partial charge in [-0.2, -0.15) is 0 Å². The van der Waals surface area contributed by atoms with Crippen LogP contribution < -0.4 is 10.6 Å². The van der Waals surface area contributed by atoms with E-state index in [9.17, 15) is 14.4 Å². The Bertz CT molecular complexity index is 881. The Hall–Kier alpha value is -1.93. The molecule has 0 radical (unpaired) electrons. The first-order valence-corrected chi connectivity index (χ1v) is 16.1. The van der Waals surface area contributed by atoms with Crippen LogP contribution in [0.3, 0.4) is 0 Å². The molecule has 0 bridgehead atoms. The molecule has 236 valence electrons. The maximum absolute atomic E-state index is 13.0. The third kappa shape index (κ3) is 12.5. The fourth-order valence-corrected chi connectivity index (χ4v) is 5.51. The summed E-state index contributed by atoms with van der Waals surface area (Å²) in [7, 11) is 0. The van der Waals surface area contributed by atoms with E-state index < -0.39 is 17.3 Å². The summed E-state index contributed by atoms with van der Waals surface area (Å²) in [5.74, 6) is -1.53. The van der Waals surface area contributed by atoms with E-state index >= 15 is 0 Å². The summed E-state index contributed by atoms with van der Waals surface area (Å²) in [5, 5.41) is 5.97. The summed E-state index contributed by atoms with van der Waals surface area (Å²) in [6.07, 6.45) is 13.6. The molecule has 2 aliphatic rings. The van der Waals surface area contributed by atoms with Crippen molar-refractivity contribution >= 4 is 17.8 Å². The zero-order chi connectivity index (χ0) is 30.5. The molecule has 41 heavy (non-hydrogen) atoms. The first-order valence-electron chi connectivity index (χ1n) is 16.1. The van der Waals surface area contributed by atoms with Gasteiger partial charge in [0.2, 0.25) is 11.8 Å². The Kier molecular flexibility index (Phi) is 14.8. The molecule has 0 spiro atoms. The van der Waals surface area contributed by atoms with Crippen molar-refractivity contribution in [1.82, 2.24) is 10.6 Å². The number of amides is 2. The highest BCUT2D eigenvalue weighted by molar-refractivity contribution is 5.93. The van der Waals surface area contributed by atoms with Gasteiger partial charge in [0.15, 0.2) is 5.79 Å². The second kappa shape index (κ2) is 17.3. The van der Waals surface area contributed by atoms with Gasteiger partial charge >= 0.3 is 5.97 Å². The Morgan fingerprint density at radius 1 is 0.878 bits per heavy atom. The monoisotopic (exact) mass is 578 g/mol. The molecular weight excluding hydrogens is 520 g/mol. The number of esters is 1. The van der Waals surface area contributed by atoms with Crippen molar-refractivity contribution < 1.29 is 28.6 Å². The number of hydrogen-bond acceptors (Lipinski definition) is 6. The lowest BCUT2D eigenvalue weighted by Crippen LogP contribution is -2.56. The van der Waals surface area contributed by atoms with E-state index in [-0.39, 0.29) is 42.9 Å². The largest absolute Gasteiger partial charge is 0.460 e. The van der Waals surface area contributed by atoms with E-state index in [1.165, 1.54) is 44.9 Å². The average Bonchev–Trinajstić information content (AvgIpc) is 2.92. The highest BCUT2D eigenvalue weighted by atomic mass is 16.7. The molecule has 2 N–H and O–H groups in total. The number of carbonyl (C=O) groups is 3. The van der Waals surface area contributed by atoms with Crippen molar-refractivity contribution in [2.75, 3.05) is 13.2 Å². The van der Waals surface area contributed by atoms with Crippen molar-refractivity contribution in [1.29, 1.82) is 0 Å². The van der Waals surface area contributed by atoms with Gasteiger partial charge in [-0.05, 0) is 59.8 Å². The maximum Gasteiger partial charge on any atom is 0.307 e. The molecule has 2 rings (SSSR count). The van der Waals surface area contributed by atoms with Gasteiger partial charge < -0.3 is 24.8 Å². The fraction of sp³-hybridized carbons (Fsp3) is 0.848. The average molecular weight is 579 g/mol. The molecule has 1 aliphatic carbocycles. The van der Waals surface area contributed by atoms with E-state index in [0.29, 0.717) is 6.61 Å². The number of nitrogens with one attached hydrogen (secondary N) is 2. The molecular formula is C33H58N2O6. The Labute approximate surface area is 249 Å². The molecule has 2 fully saturated rings. The minimum atomic E-state index is -0.837. The van der Waals surface area contributed by atoms with E-state index in [2.05, 4.69) is 24.5 Å². The normalized spacial score (nSPS) is 24.2. The molecule has 1 heterocycles. The molecule has 0 aromatic heterocycles. The minimum Gasteiger partial charge on any atom is -0.460 e. The lowest BCUT2D eigenvalue weighted by atomic mass is 9.85. The van der Waals surface area contributed by atoms with Crippen molar-refractivity contribution in [3.63, 3.8) is 0 Å². The summed E-state index contributed by atoms with van der Waals surface area (Å²) in [6.45, 7) is 14.2. The van der Waals surface area contributed by atoms with Crippen LogP contribution in [0.5, 0.6) is 0 Å². The van der Waals surface area contributed by atoms with Crippen LogP contribution in [0, 0.1) is 5.41 Å². The number of allylic oxidation sites excluding steroid dienone is 1. The van der Waals surface area contributed by atoms with Crippen LogP contribution in [0.4, 0.5) is 0 Å². The molecule has 8 nitrogen and oxygen atoms in total. The molecule has 1 saturated carbocycles. The predicted octanol–water partition coefficient (Wildman–Crippen LogP) is 6.51. The third-order valence-electron chi connectivity index (χ3n) is 8.46. The van der Waals surface area contributed by atoms with Gasteiger partial charge in [-0.3, -0.25) is 14.4 Å². The van der Waals surface area contributed by atoms with Crippen molar-refractivity contribution in [3.05, 3.63) is 11.1 Å². The van der Waals surface area contributed by atoms with Crippen molar-refractivity contribution in [3.8, 4) is 0 Å². The lowest BCUT2D eigenvalue weighted by Gasteiger charge is -2.44. The van der Waals surface area contributed by atoms with E-state index in [1.807, 2.05) is 20.8 Å². The highest BCUT2D eigenvalue weighted by Gasteiger charge is 2.45. The number of ether oxygens (including phenoxy) is 3. The Morgan fingerprint density at radius 2 is 1.51 bits per heavy atom. The van der Waals surface area contributed by atoms with Crippen molar-refractivity contribution in [2.24, 2.45) is 5.41 Å². The maximum atomic E-state index is 13.0. The van der Waals surface area contributed by atoms with Gasteiger partial charge in [-0.25, -0.2) is 0 Å². The van der Waals surface area contributed by atoms with Crippen LogP contribution in [0.15, 0.2) is 11.1 Å². The zero-order valence-electron chi connectivity index (χ0n) is 27.0.